The molecule has 0 spiro atoms. The normalized spacial score (nSPS) is 16.4. The van der Waals surface area contributed by atoms with Crippen LogP contribution in [-0.2, 0) is 16.1 Å². The second kappa shape index (κ2) is 5.88. The van der Waals surface area contributed by atoms with Crippen LogP contribution >= 0.6 is 0 Å². The van der Waals surface area contributed by atoms with E-state index in [2.05, 4.69) is 11.4 Å². The molecule has 4 heteroatoms. The number of fused-ring (bicyclic) bond motifs is 1. The van der Waals surface area contributed by atoms with Crippen LogP contribution in [0, 0.1) is 13.8 Å². The Balaban J connectivity index is 2.05. The summed E-state index contributed by atoms with van der Waals surface area (Å²) in [6.07, 6.45) is 0. The van der Waals surface area contributed by atoms with E-state index in [0.717, 1.165) is 27.9 Å². The lowest BCUT2D eigenvalue weighted by molar-refractivity contribution is -0.126. The van der Waals surface area contributed by atoms with E-state index >= 15 is 0 Å². The van der Waals surface area contributed by atoms with E-state index in [1.54, 1.807) is 4.90 Å². The highest BCUT2D eigenvalue weighted by atomic mass is 16.2. The molecule has 1 heterocycles. The average Bonchev–Trinajstić information content (AvgIpc) is 2.74. The van der Waals surface area contributed by atoms with E-state index < -0.39 is 6.04 Å². The summed E-state index contributed by atoms with van der Waals surface area (Å²) in [5, 5.41) is 2.79. The minimum Gasteiger partial charge on any atom is -0.341 e. The molecular formula is C19H20N2O2. The molecule has 2 amide bonds. The maximum Gasteiger partial charge on any atom is 0.254 e. The molecule has 2 aromatic rings. The first-order valence-electron chi connectivity index (χ1n) is 7.71. The van der Waals surface area contributed by atoms with Gasteiger partial charge in [0.2, 0.25) is 5.91 Å². The van der Waals surface area contributed by atoms with Crippen molar-refractivity contribution in [2.24, 2.45) is 0 Å². The molecule has 118 valence electrons. The number of aryl methyl sites for hydroxylation is 2. The third-order valence-electron chi connectivity index (χ3n) is 4.10. The molecule has 0 bridgehead atoms. The summed E-state index contributed by atoms with van der Waals surface area (Å²) < 4.78 is 0. The van der Waals surface area contributed by atoms with Crippen LogP contribution in [0.1, 0.15) is 35.2 Å². The van der Waals surface area contributed by atoms with Gasteiger partial charge in [0, 0.05) is 12.5 Å². The van der Waals surface area contributed by atoms with E-state index in [-0.39, 0.29) is 11.8 Å². The van der Waals surface area contributed by atoms with Crippen molar-refractivity contribution in [2.75, 3.05) is 4.90 Å². The third kappa shape index (κ3) is 2.84. The predicted octanol–water partition coefficient (Wildman–Crippen LogP) is 3.03. The summed E-state index contributed by atoms with van der Waals surface area (Å²) >= 11 is 0. The van der Waals surface area contributed by atoms with Gasteiger partial charge >= 0.3 is 0 Å². The summed E-state index contributed by atoms with van der Waals surface area (Å²) in [5.41, 5.74) is 5.01. The standard InChI is InChI=1S/C19H20N2O2/c1-12-9-13(2)18-16(10-12)17(20-14(3)22)19(23)21(18)11-15-7-5-4-6-8-15/h4-10,17H,11H2,1-3H3,(H,20,22)/t17-/m0/s1. The molecule has 0 unspecified atom stereocenters. The van der Waals surface area contributed by atoms with Crippen molar-refractivity contribution in [3.63, 3.8) is 0 Å². The zero-order valence-corrected chi connectivity index (χ0v) is 13.6. The maximum absolute atomic E-state index is 12.9. The molecule has 0 saturated heterocycles. The Morgan fingerprint density at radius 3 is 2.52 bits per heavy atom. The molecule has 1 aliphatic heterocycles. The number of carbonyl (C=O) groups is 2. The van der Waals surface area contributed by atoms with Gasteiger partial charge in [0.05, 0.1) is 12.2 Å². The van der Waals surface area contributed by atoms with Gasteiger partial charge in [0.25, 0.3) is 5.91 Å². The lowest BCUT2D eigenvalue weighted by atomic mass is 10.0. The van der Waals surface area contributed by atoms with Gasteiger partial charge in [-0.05, 0) is 25.0 Å². The SMILES string of the molecule is CC(=O)N[C@@H]1C(=O)N(Cc2ccccc2)c2c(C)cc(C)cc21. The number of hydrogen-bond donors (Lipinski definition) is 1. The molecule has 0 radical (unpaired) electrons. The highest BCUT2D eigenvalue weighted by Gasteiger charge is 2.38. The second-order valence-electron chi connectivity index (χ2n) is 6.06. The number of hydrogen-bond acceptors (Lipinski definition) is 2. The number of carbonyl (C=O) groups excluding carboxylic acids is 2. The number of benzene rings is 2. The van der Waals surface area contributed by atoms with Gasteiger partial charge < -0.3 is 10.2 Å². The van der Waals surface area contributed by atoms with Crippen molar-refractivity contribution in [3.05, 3.63) is 64.7 Å². The largest absolute Gasteiger partial charge is 0.341 e. The van der Waals surface area contributed by atoms with Gasteiger partial charge in [-0.1, -0.05) is 48.0 Å². The lowest BCUT2D eigenvalue weighted by Crippen LogP contribution is -2.36. The first-order valence-corrected chi connectivity index (χ1v) is 7.71. The minimum absolute atomic E-state index is 0.0762. The summed E-state index contributed by atoms with van der Waals surface area (Å²) in [5.74, 6) is -0.275. The van der Waals surface area contributed by atoms with E-state index in [1.807, 2.05) is 50.2 Å². The quantitative estimate of drug-likeness (QED) is 0.947. The topological polar surface area (TPSA) is 49.4 Å². The number of rotatable bonds is 3. The fourth-order valence-electron chi connectivity index (χ4n) is 3.25. The second-order valence-corrected chi connectivity index (χ2v) is 6.06. The zero-order valence-electron chi connectivity index (χ0n) is 13.6. The van der Waals surface area contributed by atoms with Crippen LogP contribution in [0.2, 0.25) is 0 Å². The fraction of sp³-hybridized carbons (Fsp3) is 0.263. The zero-order chi connectivity index (χ0) is 16.6. The van der Waals surface area contributed by atoms with Crippen LogP contribution in [0.5, 0.6) is 0 Å². The van der Waals surface area contributed by atoms with Gasteiger partial charge in [-0.15, -0.1) is 0 Å². The van der Waals surface area contributed by atoms with Crippen molar-refractivity contribution in [1.82, 2.24) is 5.32 Å². The summed E-state index contributed by atoms with van der Waals surface area (Å²) in [7, 11) is 0. The molecule has 1 aliphatic rings. The van der Waals surface area contributed by atoms with Crippen molar-refractivity contribution >= 4 is 17.5 Å². The van der Waals surface area contributed by atoms with Crippen molar-refractivity contribution in [1.29, 1.82) is 0 Å². The maximum atomic E-state index is 12.9. The monoisotopic (exact) mass is 308 g/mol. The Morgan fingerprint density at radius 2 is 1.87 bits per heavy atom. The van der Waals surface area contributed by atoms with E-state index in [9.17, 15) is 9.59 Å². The van der Waals surface area contributed by atoms with Gasteiger partial charge in [-0.25, -0.2) is 0 Å². The number of nitrogens with one attached hydrogen (secondary N) is 1. The fourth-order valence-corrected chi connectivity index (χ4v) is 3.25. The van der Waals surface area contributed by atoms with E-state index in [0.29, 0.717) is 6.54 Å². The molecule has 1 atom stereocenters. The molecule has 0 aliphatic carbocycles. The first-order chi connectivity index (χ1) is 11.0. The molecule has 0 saturated carbocycles. The Bertz CT molecular complexity index is 768. The minimum atomic E-state index is -0.593. The molecule has 23 heavy (non-hydrogen) atoms. The number of nitrogens with zero attached hydrogens (tertiary/aromatic N) is 1. The van der Waals surface area contributed by atoms with Crippen molar-refractivity contribution in [2.45, 2.75) is 33.4 Å². The van der Waals surface area contributed by atoms with Crippen LogP contribution in [0.3, 0.4) is 0 Å². The molecule has 2 aromatic carbocycles. The van der Waals surface area contributed by atoms with Crippen molar-refractivity contribution < 1.29 is 9.59 Å². The Kier molecular flexibility index (Phi) is 3.90. The van der Waals surface area contributed by atoms with Crippen molar-refractivity contribution in [3.8, 4) is 0 Å². The molecule has 0 fully saturated rings. The van der Waals surface area contributed by atoms with Gasteiger partial charge in [0.15, 0.2) is 0 Å². The summed E-state index contributed by atoms with van der Waals surface area (Å²) in [6, 6.07) is 13.4. The lowest BCUT2D eigenvalue weighted by Gasteiger charge is -2.20. The molecule has 0 aromatic heterocycles. The van der Waals surface area contributed by atoms with Crippen LogP contribution in [0.15, 0.2) is 42.5 Å². The molecule has 3 rings (SSSR count). The Morgan fingerprint density at radius 1 is 1.17 bits per heavy atom. The molecular weight excluding hydrogens is 288 g/mol. The Hall–Kier alpha value is -2.62. The van der Waals surface area contributed by atoms with Gasteiger partial charge in [-0.2, -0.15) is 0 Å². The predicted molar refractivity (Wildman–Crippen MR) is 90.1 cm³/mol. The number of anilines is 1. The van der Waals surface area contributed by atoms with E-state index in [4.69, 9.17) is 0 Å². The van der Waals surface area contributed by atoms with Crippen LogP contribution in [-0.4, -0.2) is 11.8 Å². The third-order valence-corrected chi connectivity index (χ3v) is 4.10. The first kappa shape index (κ1) is 15.3. The molecule has 4 nitrogen and oxygen atoms in total. The van der Waals surface area contributed by atoms with Gasteiger partial charge in [-0.3, -0.25) is 9.59 Å². The highest BCUT2D eigenvalue weighted by molar-refractivity contribution is 6.06. The summed E-state index contributed by atoms with van der Waals surface area (Å²) in [6.45, 7) is 5.96. The van der Waals surface area contributed by atoms with Gasteiger partial charge in [0.1, 0.15) is 6.04 Å². The van der Waals surface area contributed by atoms with Crippen LogP contribution < -0.4 is 10.2 Å². The number of amides is 2. The van der Waals surface area contributed by atoms with E-state index in [1.165, 1.54) is 6.92 Å². The highest BCUT2D eigenvalue weighted by Crippen LogP contribution is 2.40. The smallest absolute Gasteiger partial charge is 0.254 e. The Labute approximate surface area is 136 Å². The van der Waals surface area contributed by atoms with Crippen LogP contribution in [0.25, 0.3) is 0 Å². The molecule has 1 N–H and O–H groups in total. The average molecular weight is 308 g/mol. The van der Waals surface area contributed by atoms with Crippen LogP contribution in [0.4, 0.5) is 5.69 Å². The summed E-state index contributed by atoms with van der Waals surface area (Å²) in [4.78, 5) is 26.2.